The van der Waals surface area contributed by atoms with Crippen LogP contribution in [-0.2, 0) is 11.0 Å². The Morgan fingerprint density at radius 2 is 1.74 bits per heavy atom. The summed E-state index contributed by atoms with van der Waals surface area (Å²) in [6, 6.07) is 6.10. The van der Waals surface area contributed by atoms with Crippen LogP contribution >= 0.6 is 11.8 Å². The van der Waals surface area contributed by atoms with Gasteiger partial charge in [-0.15, -0.1) is 10.2 Å². The van der Waals surface area contributed by atoms with Crippen LogP contribution in [0.4, 0.5) is 23.2 Å². The highest BCUT2D eigenvalue weighted by Gasteiger charge is 2.38. The van der Waals surface area contributed by atoms with Crippen molar-refractivity contribution < 1.29 is 22.4 Å². The Hall–Kier alpha value is -2.50. The molecule has 0 unspecified atom stereocenters. The van der Waals surface area contributed by atoms with Crippen molar-refractivity contribution in [3.63, 3.8) is 0 Å². The van der Waals surface area contributed by atoms with E-state index in [4.69, 9.17) is 5.84 Å². The third-order valence-corrected chi connectivity index (χ3v) is 4.99. The van der Waals surface area contributed by atoms with Crippen LogP contribution in [0.25, 0.3) is 0 Å². The summed E-state index contributed by atoms with van der Waals surface area (Å²) < 4.78 is 51.2. The van der Waals surface area contributed by atoms with E-state index in [2.05, 4.69) is 10.2 Å². The molecular weight excluding hydrogens is 388 g/mol. The SMILES string of the molecule is Nn1c(SCC(=O)N2CCN(c3ccc(F)cc3)CC2)nnc1C(F)(F)F. The molecule has 0 radical (unpaired) electrons. The van der Waals surface area contributed by atoms with Crippen molar-refractivity contribution in [3.05, 3.63) is 35.9 Å². The number of thioether (sulfide) groups is 1. The van der Waals surface area contributed by atoms with E-state index in [0.717, 1.165) is 17.4 Å². The lowest BCUT2D eigenvalue weighted by Gasteiger charge is -2.36. The Balaban J connectivity index is 1.51. The first kappa shape index (κ1) is 19.3. The predicted octanol–water partition coefficient (Wildman–Crippen LogP) is 1.59. The number of nitrogens with zero attached hydrogens (tertiary/aromatic N) is 5. The molecule has 0 aliphatic carbocycles. The molecule has 0 atom stereocenters. The molecule has 1 saturated heterocycles. The molecule has 2 heterocycles. The van der Waals surface area contributed by atoms with Crippen molar-refractivity contribution in [1.82, 2.24) is 19.8 Å². The highest BCUT2D eigenvalue weighted by Crippen LogP contribution is 2.29. The van der Waals surface area contributed by atoms with Crippen LogP contribution in [-0.4, -0.2) is 57.6 Å². The number of halogens is 4. The summed E-state index contributed by atoms with van der Waals surface area (Å²) in [6.07, 6.45) is -4.71. The molecule has 0 spiro atoms. The van der Waals surface area contributed by atoms with Crippen molar-refractivity contribution in [2.75, 3.05) is 42.7 Å². The molecule has 27 heavy (non-hydrogen) atoms. The number of carbonyl (C=O) groups is 1. The summed E-state index contributed by atoms with van der Waals surface area (Å²) in [5.41, 5.74) is 0.869. The summed E-state index contributed by atoms with van der Waals surface area (Å²) in [6.45, 7) is 2.07. The number of hydrogen-bond acceptors (Lipinski definition) is 6. The first-order valence-corrected chi connectivity index (χ1v) is 8.93. The number of anilines is 1. The molecule has 2 aromatic rings. The van der Waals surface area contributed by atoms with Crippen molar-refractivity contribution in [2.24, 2.45) is 0 Å². The number of benzene rings is 1. The smallest absolute Gasteiger partial charge is 0.368 e. The van der Waals surface area contributed by atoms with Gasteiger partial charge in [0.15, 0.2) is 0 Å². The summed E-state index contributed by atoms with van der Waals surface area (Å²) in [4.78, 5) is 15.9. The topological polar surface area (TPSA) is 80.3 Å². The van der Waals surface area contributed by atoms with Gasteiger partial charge in [0.2, 0.25) is 11.1 Å². The molecule has 7 nitrogen and oxygen atoms in total. The normalized spacial score (nSPS) is 15.3. The van der Waals surface area contributed by atoms with Crippen LogP contribution in [0.15, 0.2) is 29.4 Å². The minimum absolute atomic E-state index is 0.0935. The zero-order valence-corrected chi connectivity index (χ0v) is 14.8. The molecule has 3 rings (SSSR count). The second-order valence-corrected chi connectivity index (χ2v) is 6.75. The average molecular weight is 404 g/mol. The van der Waals surface area contributed by atoms with E-state index in [1.54, 1.807) is 17.0 Å². The van der Waals surface area contributed by atoms with Gasteiger partial charge in [-0.05, 0) is 24.3 Å². The maximum absolute atomic E-state index is 13.0. The quantitative estimate of drug-likeness (QED) is 0.474. The first-order valence-electron chi connectivity index (χ1n) is 7.94. The van der Waals surface area contributed by atoms with Crippen LogP contribution in [0.5, 0.6) is 0 Å². The summed E-state index contributed by atoms with van der Waals surface area (Å²) in [5, 5.41) is 6.21. The van der Waals surface area contributed by atoms with Crippen LogP contribution in [0.3, 0.4) is 0 Å². The Morgan fingerprint density at radius 3 is 2.30 bits per heavy atom. The van der Waals surface area contributed by atoms with Gasteiger partial charge in [0, 0.05) is 31.9 Å². The van der Waals surface area contributed by atoms with Gasteiger partial charge in [-0.2, -0.15) is 13.2 Å². The Kier molecular flexibility index (Phi) is 5.44. The first-order chi connectivity index (χ1) is 12.8. The number of piperazine rings is 1. The van der Waals surface area contributed by atoms with E-state index >= 15 is 0 Å². The molecular formula is C15H16F4N6OS. The van der Waals surface area contributed by atoms with Crippen molar-refractivity contribution in [2.45, 2.75) is 11.3 Å². The summed E-state index contributed by atoms with van der Waals surface area (Å²) in [5.74, 6) is 3.39. The van der Waals surface area contributed by atoms with Gasteiger partial charge in [0.25, 0.3) is 5.82 Å². The molecule has 1 aliphatic rings. The fraction of sp³-hybridized carbons (Fsp3) is 0.400. The van der Waals surface area contributed by atoms with Gasteiger partial charge < -0.3 is 15.6 Å². The number of carbonyl (C=O) groups excluding carboxylic acids is 1. The van der Waals surface area contributed by atoms with Crippen molar-refractivity contribution in [1.29, 1.82) is 0 Å². The molecule has 1 aromatic carbocycles. The molecule has 146 valence electrons. The maximum Gasteiger partial charge on any atom is 0.453 e. The number of hydrogen-bond donors (Lipinski definition) is 1. The third-order valence-electron chi connectivity index (χ3n) is 4.07. The zero-order chi connectivity index (χ0) is 19.6. The third kappa shape index (κ3) is 4.43. The van der Waals surface area contributed by atoms with Gasteiger partial charge >= 0.3 is 6.18 Å². The molecule has 0 saturated carbocycles. The fourth-order valence-corrected chi connectivity index (χ4v) is 3.41. The Morgan fingerprint density at radius 1 is 1.11 bits per heavy atom. The Bertz CT molecular complexity index is 802. The monoisotopic (exact) mass is 404 g/mol. The zero-order valence-electron chi connectivity index (χ0n) is 14.0. The second kappa shape index (κ2) is 7.62. The van der Waals surface area contributed by atoms with E-state index in [1.807, 2.05) is 4.90 Å². The van der Waals surface area contributed by atoms with Gasteiger partial charge in [-0.1, -0.05) is 11.8 Å². The van der Waals surface area contributed by atoms with Crippen molar-refractivity contribution in [3.8, 4) is 0 Å². The van der Waals surface area contributed by atoms with E-state index in [9.17, 15) is 22.4 Å². The standard InChI is InChI=1S/C15H16F4N6OS/c16-10-1-3-11(4-2-10)23-5-7-24(8-6-23)12(26)9-27-14-22-21-13(25(14)20)15(17,18)19/h1-4H,5-9,20H2. The van der Waals surface area contributed by atoms with E-state index in [1.165, 1.54) is 12.1 Å². The maximum atomic E-state index is 13.0. The lowest BCUT2D eigenvalue weighted by atomic mass is 10.2. The second-order valence-electron chi connectivity index (χ2n) is 5.81. The van der Waals surface area contributed by atoms with Crippen LogP contribution in [0.1, 0.15) is 5.82 Å². The molecule has 0 bridgehead atoms. The highest BCUT2D eigenvalue weighted by molar-refractivity contribution is 7.99. The summed E-state index contributed by atoms with van der Waals surface area (Å²) >= 11 is 0.802. The van der Waals surface area contributed by atoms with E-state index in [-0.39, 0.29) is 22.6 Å². The van der Waals surface area contributed by atoms with E-state index < -0.39 is 12.0 Å². The number of alkyl halides is 3. The number of aromatic nitrogens is 3. The Labute approximate surface area is 156 Å². The predicted molar refractivity (Wildman–Crippen MR) is 91.1 cm³/mol. The number of amides is 1. The van der Waals surface area contributed by atoms with E-state index in [0.29, 0.717) is 30.9 Å². The van der Waals surface area contributed by atoms with Gasteiger partial charge in [-0.3, -0.25) is 4.79 Å². The molecule has 1 aliphatic heterocycles. The average Bonchev–Trinajstić information content (AvgIpc) is 3.01. The van der Waals surface area contributed by atoms with Gasteiger partial charge in [-0.25, -0.2) is 9.07 Å². The minimum Gasteiger partial charge on any atom is -0.368 e. The molecule has 2 N–H and O–H groups in total. The van der Waals surface area contributed by atoms with Gasteiger partial charge in [0.1, 0.15) is 5.82 Å². The molecule has 1 amide bonds. The lowest BCUT2D eigenvalue weighted by Crippen LogP contribution is -2.49. The fourth-order valence-electron chi connectivity index (χ4n) is 2.65. The van der Waals surface area contributed by atoms with Crippen LogP contribution < -0.4 is 10.7 Å². The number of nitrogens with two attached hydrogens (primary N) is 1. The molecule has 1 aromatic heterocycles. The number of rotatable bonds is 4. The van der Waals surface area contributed by atoms with Crippen LogP contribution in [0, 0.1) is 5.82 Å². The highest BCUT2D eigenvalue weighted by atomic mass is 32.2. The number of nitrogen functional groups attached to an aromatic ring is 1. The van der Waals surface area contributed by atoms with Crippen molar-refractivity contribution >= 4 is 23.4 Å². The van der Waals surface area contributed by atoms with Gasteiger partial charge in [0.05, 0.1) is 5.75 Å². The minimum atomic E-state index is -4.71. The summed E-state index contributed by atoms with van der Waals surface area (Å²) in [7, 11) is 0. The molecule has 12 heteroatoms. The van der Waals surface area contributed by atoms with Crippen LogP contribution in [0.2, 0.25) is 0 Å². The molecule has 1 fully saturated rings. The lowest BCUT2D eigenvalue weighted by molar-refractivity contribution is -0.146. The largest absolute Gasteiger partial charge is 0.453 e.